The highest BCUT2D eigenvalue weighted by atomic mass is 16.1. The van der Waals surface area contributed by atoms with Crippen LogP contribution in [0.2, 0.25) is 0 Å². The summed E-state index contributed by atoms with van der Waals surface area (Å²) in [6.07, 6.45) is 4.64. The highest BCUT2D eigenvalue weighted by molar-refractivity contribution is 5.97. The number of carbonyl (C=O) groups is 2. The Hall–Kier alpha value is -4.06. The van der Waals surface area contributed by atoms with Crippen LogP contribution >= 0.6 is 0 Å². The van der Waals surface area contributed by atoms with Gasteiger partial charge in [0, 0.05) is 23.0 Å². The minimum absolute atomic E-state index is 0.0443. The van der Waals surface area contributed by atoms with Crippen LogP contribution in [0.15, 0.2) is 84.9 Å². The Morgan fingerprint density at radius 2 is 1.03 bits per heavy atom. The average Bonchev–Trinajstić information content (AvgIpc) is 2.95. The van der Waals surface area contributed by atoms with E-state index < -0.39 is 0 Å². The second kappa shape index (κ2) is 11.1. The van der Waals surface area contributed by atoms with Gasteiger partial charge in [0.05, 0.1) is 35.6 Å². The molecule has 4 aromatic rings. The Morgan fingerprint density at radius 1 is 0.583 bits per heavy atom. The zero-order valence-electron chi connectivity index (χ0n) is 20.1. The number of Topliss-reactive ketones (excluding diaryl/α,β-unsaturated/α-hetero) is 2. The fourth-order valence-corrected chi connectivity index (χ4v) is 4.87. The van der Waals surface area contributed by atoms with Gasteiger partial charge >= 0.3 is 0 Å². The molecule has 0 spiro atoms. The lowest BCUT2D eigenvalue weighted by atomic mass is 9.78. The molecule has 1 fully saturated rings. The van der Waals surface area contributed by atoms with E-state index in [0.29, 0.717) is 34.4 Å². The second-order valence-corrected chi connectivity index (χ2v) is 9.39. The first-order chi connectivity index (χ1) is 17.7. The van der Waals surface area contributed by atoms with Gasteiger partial charge in [-0.25, -0.2) is 0 Å². The molecule has 2 aromatic carbocycles. The minimum Gasteiger partial charge on any atom is -0.294 e. The SMILES string of the molecule is O=C(Cc1ccc([C@H]2CCC[C@H](c3ccc(CC(=O)c4ccccc4)nn3)C2)nn1)c1ccccc1. The molecule has 0 unspecified atom stereocenters. The van der Waals surface area contributed by atoms with Gasteiger partial charge in [-0.3, -0.25) is 9.59 Å². The molecule has 2 atom stereocenters. The van der Waals surface area contributed by atoms with E-state index in [-0.39, 0.29) is 24.4 Å². The highest BCUT2D eigenvalue weighted by Crippen LogP contribution is 2.39. The predicted molar refractivity (Wildman–Crippen MR) is 137 cm³/mol. The molecule has 2 aromatic heterocycles. The topological polar surface area (TPSA) is 85.7 Å². The summed E-state index contributed by atoms with van der Waals surface area (Å²) in [5.41, 5.74) is 4.69. The number of aromatic nitrogens is 4. The van der Waals surface area contributed by atoms with Crippen LogP contribution in [0, 0.1) is 0 Å². The molecule has 0 amide bonds. The number of nitrogens with zero attached hydrogens (tertiary/aromatic N) is 4. The third kappa shape index (κ3) is 5.77. The minimum atomic E-state index is 0.0443. The number of benzene rings is 2. The van der Waals surface area contributed by atoms with Crippen molar-refractivity contribution in [3.05, 3.63) is 119 Å². The molecule has 2 heterocycles. The van der Waals surface area contributed by atoms with E-state index in [1.54, 1.807) is 0 Å². The molecule has 5 rings (SSSR count). The number of hydrogen-bond donors (Lipinski definition) is 0. The molecular formula is C30H28N4O2. The summed E-state index contributed by atoms with van der Waals surface area (Å²) in [4.78, 5) is 24.9. The van der Waals surface area contributed by atoms with Gasteiger partial charge in [0.25, 0.3) is 0 Å². The van der Waals surface area contributed by atoms with Crippen molar-refractivity contribution in [2.75, 3.05) is 0 Å². The summed E-state index contributed by atoms with van der Waals surface area (Å²) < 4.78 is 0. The van der Waals surface area contributed by atoms with E-state index in [1.807, 2.05) is 84.9 Å². The number of ketones is 2. The molecule has 36 heavy (non-hydrogen) atoms. The van der Waals surface area contributed by atoms with E-state index in [0.717, 1.165) is 37.1 Å². The van der Waals surface area contributed by atoms with Crippen molar-refractivity contribution >= 4 is 11.6 Å². The van der Waals surface area contributed by atoms with Crippen molar-refractivity contribution < 1.29 is 9.59 Å². The van der Waals surface area contributed by atoms with Crippen LogP contribution in [-0.2, 0) is 12.8 Å². The van der Waals surface area contributed by atoms with Gasteiger partial charge in [-0.05, 0) is 43.5 Å². The maximum atomic E-state index is 12.5. The average molecular weight is 477 g/mol. The van der Waals surface area contributed by atoms with Crippen LogP contribution in [0.3, 0.4) is 0 Å². The number of carbonyl (C=O) groups excluding carboxylic acids is 2. The number of hydrogen-bond acceptors (Lipinski definition) is 6. The fourth-order valence-electron chi connectivity index (χ4n) is 4.87. The maximum absolute atomic E-state index is 12.5. The normalized spacial score (nSPS) is 17.4. The molecule has 1 saturated carbocycles. The van der Waals surface area contributed by atoms with Crippen LogP contribution in [-0.4, -0.2) is 32.0 Å². The first-order valence-corrected chi connectivity index (χ1v) is 12.5. The first kappa shape index (κ1) is 23.7. The zero-order valence-corrected chi connectivity index (χ0v) is 20.1. The summed E-state index contributed by atoms with van der Waals surface area (Å²) in [5.74, 6) is 0.693. The van der Waals surface area contributed by atoms with Gasteiger partial charge < -0.3 is 0 Å². The molecule has 1 aliphatic rings. The molecule has 0 saturated heterocycles. The van der Waals surface area contributed by atoms with E-state index >= 15 is 0 Å². The summed E-state index contributed by atoms with van der Waals surface area (Å²) in [6.45, 7) is 0. The van der Waals surface area contributed by atoms with Crippen molar-refractivity contribution in [1.29, 1.82) is 0 Å². The Labute approximate surface area is 210 Å². The smallest absolute Gasteiger partial charge is 0.168 e. The molecule has 0 aliphatic heterocycles. The van der Waals surface area contributed by atoms with Gasteiger partial charge in [-0.1, -0.05) is 67.1 Å². The predicted octanol–water partition coefficient (Wildman–Crippen LogP) is 5.56. The first-order valence-electron chi connectivity index (χ1n) is 12.5. The summed E-state index contributed by atoms with van der Waals surface area (Å²) in [7, 11) is 0. The van der Waals surface area contributed by atoms with Gasteiger partial charge in [-0.15, -0.1) is 0 Å². The monoisotopic (exact) mass is 476 g/mol. The van der Waals surface area contributed by atoms with Gasteiger partial charge in [0.1, 0.15) is 0 Å². The fraction of sp³-hybridized carbons (Fsp3) is 0.267. The van der Waals surface area contributed by atoms with E-state index in [9.17, 15) is 9.59 Å². The summed E-state index contributed by atoms with van der Waals surface area (Å²) >= 11 is 0. The standard InChI is InChI=1S/C30H28N4O2/c35-29(21-8-3-1-4-9-21)19-25-14-16-27(33-31-25)23-12-7-13-24(18-23)28-17-15-26(32-34-28)20-30(36)22-10-5-2-6-11-22/h1-6,8-11,14-17,23-24H,7,12-13,18-20H2/t23-,24-/m0/s1. The summed E-state index contributed by atoms with van der Waals surface area (Å²) in [5, 5.41) is 17.7. The van der Waals surface area contributed by atoms with E-state index in [1.165, 1.54) is 0 Å². The maximum Gasteiger partial charge on any atom is 0.168 e. The van der Waals surface area contributed by atoms with Crippen molar-refractivity contribution in [1.82, 2.24) is 20.4 Å². The number of rotatable bonds is 8. The van der Waals surface area contributed by atoms with E-state index in [2.05, 4.69) is 20.4 Å². The van der Waals surface area contributed by atoms with Gasteiger partial charge in [0.15, 0.2) is 11.6 Å². The van der Waals surface area contributed by atoms with Crippen LogP contribution in [0.25, 0.3) is 0 Å². The molecule has 1 aliphatic carbocycles. The Morgan fingerprint density at radius 3 is 1.42 bits per heavy atom. The highest BCUT2D eigenvalue weighted by Gasteiger charge is 2.27. The van der Waals surface area contributed by atoms with Crippen LogP contribution < -0.4 is 0 Å². The summed E-state index contributed by atoms with van der Waals surface area (Å²) in [6, 6.07) is 26.4. The largest absolute Gasteiger partial charge is 0.294 e. The molecule has 0 radical (unpaired) electrons. The lowest BCUT2D eigenvalue weighted by Gasteiger charge is -2.28. The third-order valence-corrected chi connectivity index (χ3v) is 6.87. The quantitative estimate of drug-likeness (QED) is 0.310. The Balaban J connectivity index is 1.19. The van der Waals surface area contributed by atoms with Crippen LogP contribution in [0.1, 0.15) is 81.0 Å². The second-order valence-electron chi connectivity index (χ2n) is 9.39. The van der Waals surface area contributed by atoms with Crippen molar-refractivity contribution in [2.45, 2.75) is 50.4 Å². The van der Waals surface area contributed by atoms with Crippen LogP contribution in [0.4, 0.5) is 0 Å². The Kier molecular flexibility index (Phi) is 7.31. The van der Waals surface area contributed by atoms with Crippen molar-refractivity contribution in [2.24, 2.45) is 0 Å². The zero-order chi connectivity index (χ0) is 24.7. The van der Waals surface area contributed by atoms with Gasteiger partial charge in [0.2, 0.25) is 0 Å². The van der Waals surface area contributed by atoms with Gasteiger partial charge in [-0.2, -0.15) is 20.4 Å². The van der Waals surface area contributed by atoms with Crippen molar-refractivity contribution in [3.63, 3.8) is 0 Å². The molecule has 6 heteroatoms. The lowest BCUT2D eigenvalue weighted by molar-refractivity contribution is 0.0983. The van der Waals surface area contributed by atoms with E-state index in [4.69, 9.17) is 0 Å². The molecule has 180 valence electrons. The van der Waals surface area contributed by atoms with Crippen LogP contribution in [0.5, 0.6) is 0 Å². The van der Waals surface area contributed by atoms with Crippen molar-refractivity contribution in [3.8, 4) is 0 Å². The molecular weight excluding hydrogens is 448 g/mol. The molecule has 0 N–H and O–H groups in total. The lowest BCUT2D eigenvalue weighted by Crippen LogP contribution is -2.16. The molecule has 6 nitrogen and oxygen atoms in total. The Bertz CT molecular complexity index is 1200. The molecule has 0 bridgehead atoms. The third-order valence-electron chi connectivity index (χ3n) is 6.87.